The highest BCUT2D eigenvalue weighted by Crippen LogP contribution is 2.52. The molecule has 176 valence electrons. The molecule has 0 bridgehead atoms. The van der Waals surface area contributed by atoms with Crippen molar-refractivity contribution in [1.82, 2.24) is 0 Å². The van der Waals surface area contributed by atoms with Crippen LogP contribution in [0, 0.1) is 5.92 Å². The van der Waals surface area contributed by atoms with Crippen molar-refractivity contribution in [3.8, 4) is 11.5 Å². The van der Waals surface area contributed by atoms with E-state index in [2.05, 4.69) is 44.2 Å². The maximum Gasteiger partial charge on any atom is 0.261 e. The predicted octanol–water partition coefficient (Wildman–Crippen LogP) is 6.09. The molecule has 5 rings (SSSR count). The first-order chi connectivity index (χ1) is 16.4. The number of nitrogens with one attached hydrogen (secondary N) is 2. The molecule has 2 aliphatic rings. The van der Waals surface area contributed by atoms with Crippen molar-refractivity contribution < 1.29 is 17.9 Å². The molecule has 1 aliphatic carbocycles. The van der Waals surface area contributed by atoms with Gasteiger partial charge in [-0.1, -0.05) is 40.2 Å². The number of methoxy groups -OCH3 is 2. The van der Waals surface area contributed by atoms with Crippen molar-refractivity contribution in [3.63, 3.8) is 0 Å². The Kier molecular flexibility index (Phi) is 6.04. The molecule has 0 saturated carbocycles. The summed E-state index contributed by atoms with van der Waals surface area (Å²) in [7, 11) is -0.442. The van der Waals surface area contributed by atoms with Crippen molar-refractivity contribution in [2.45, 2.75) is 23.3 Å². The van der Waals surface area contributed by atoms with Crippen LogP contribution in [0.25, 0.3) is 0 Å². The predicted molar refractivity (Wildman–Crippen MR) is 137 cm³/mol. The van der Waals surface area contributed by atoms with Crippen LogP contribution < -0.4 is 19.5 Å². The third-order valence-electron chi connectivity index (χ3n) is 6.51. The number of sulfonamides is 1. The zero-order chi connectivity index (χ0) is 23.9. The van der Waals surface area contributed by atoms with Crippen LogP contribution in [0.3, 0.4) is 0 Å². The first kappa shape index (κ1) is 22.8. The van der Waals surface area contributed by atoms with Crippen LogP contribution in [0.4, 0.5) is 11.4 Å². The Balaban J connectivity index is 1.50. The summed E-state index contributed by atoms with van der Waals surface area (Å²) in [5.74, 6) is 1.73. The van der Waals surface area contributed by atoms with Crippen LogP contribution in [0.15, 0.2) is 82.2 Å². The van der Waals surface area contributed by atoms with Gasteiger partial charge in [0.05, 0.1) is 25.2 Å². The average molecular weight is 541 g/mol. The van der Waals surface area contributed by atoms with Crippen molar-refractivity contribution in [2.75, 3.05) is 24.3 Å². The topological polar surface area (TPSA) is 76.7 Å². The lowest BCUT2D eigenvalue weighted by molar-refractivity contribution is 0.341. The molecule has 3 aromatic carbocycles. The molecule has 0 saturated heterocycles. The third kappa shape index (κ3) is 4.05. The first-order valence-electron chi connectivity index (χ1n) is 11.0. The van der Waals surface area contributed by atoms with Gasteiger partial charge in [0.25, 0.3) is 10.0 Å². The standard InChI is InChI=1S/C26H25BrN2O4S/c1-32-24-8-4-7-21(26(24)33-2)25-20-6-3-5-19(20)22-15-18(13-14-23(22)28-25)34(30,31)29-17-11-9-16(27)10-12-17/h3-5,7-15,19-20,25,28-29H,6H2,1-2H3/t19-,20+,25-/m0/s1. The third-order valence-corrected chi connectivity index (χ3v) is 8.42. The molecule has 0 aromatic heterocycles. The number of hydrogen-bond acceptors (Lipinski definition) is 5. The highest BCUT2D eigenvalue weighted by molar-refractivity contribution is 9.10. The van der Waals surface area contributed by atoms with Gasteiger partial charge in [-0.05, 0) is 66.4 Å². The number of para-hydroxylation sites is 1. The van der Waals surface area contributed by atoms with E-state index in [-0.39, 0.29) is 22.8 Å². The molecule has 1 heterocycles. The van der Waals surface area contributed by atoms with Crippen molar-refractivity contribution in [2.24, 2.45) is 5.92 Å². The summed E-state index contributed by atoms with van der Waals surface area (Å²) in [5, 5.41) is 3.65. The number of anilines is 2. The lowest BCUT2D eigenvalue weighted by Crippen LogP contribution is -2.29. The van der Waals surface area contributed by atoms with Gasteiger partial charge in [-0.25, -0.2) is 8.42 Å². The highest BCUT2D eigenvalue weighted by Gasteiger charge is 2.40. The van der Waals surface area contributed by atoms with Crippen LogP contribution in [-0.4, -0.2) is 22.6 Å². The second kappa shape index (κ2) is 9.00. The molecular formula is C26H25BrN2O4S. The van der Waals surface area contributed by atoms with Gasteiger partial charge in [0.2, 0.25) is 0 Å². The lowest BCUT2D eigenvalue weighted by atomic mass is 9.77. The second-order valence-corrected chi connectivity index (χ2v) is 11.0. The average Bonchev–Trinajstić information content (AvgIpc) is 3.34. The van der Waals surface area contributed by atoms with E-state index in [1.54, 1.807) is 50.6 Å². The van der Waals surface area contributed by atoms with E-state index in [0.29, 0.717) is 11.4 Å². The van der Waals surface area contributed by atoms with E-state index >= 15 is 0 Å². The quantitative estimate of drug-likeness (QED) is 0.369. The van der Waals surface area contributed by atoms with E-state index in [0.717, 1.165) is 33.5 Å². The maximum absolute atomic E-state index is 13.1. The smallest absolute Gasteiger partial charge is 0.261 e. The molecule has 6 nitrogen and oxygen atoms in total. The van der Waals surface area contributed by atoms with E-state index < -0.39 is 10.0 Å². The molecular weight excluding hydrogens is 516 g/mol. The largest absolute Gasteiger partial charge is 0.493 e. The van der Waals surface area contributed by atoms with Crippen LogP contribution in [-0.2, 0) is 10.0 Å². The molecule has 0 unspecified atom stereocenters. The fourth-order valence-electron chi connectivity index (χ4n) is 4.94. The second-order valence-electron chi connectivity index (χ2n) is 8.42. The number of benzene rings is 3. The van der Waals surface area contributed by atoms with Gasteiger partial charge in [0, 0.05) is 27.3 Å². The fourth-order valence-corrected chi connectivity index (χ4v) is 6.29. The number of halogens is 1. The molecule has 0 fully saturated rings. The Hall–Kier alpha value is -2.97. The summed E-state index contributed by atoms with van der Waals surface area (Å²) in [4.78, 5) is 0.243. The zero-order valence-electron chi connectivity index (χ0n) is 18.8. The van der Waals surface area contributed by atoms with Gasteiger partial charge in [0.15, 0.2) is 11.5 Å². The van der Waals surface area contributed by atoms with E-state index in [1.165, 1.54) is 0 Å². The summed E-state index contributed by atoms with van der Waals surface area (Å²) in [6.45, 7) is 0. The minimum atomic E-state index is -3.73. The van der Waals surface area contributed by atoms with Gasteiger partial charge < -0.3 is 14.8 Å². The van der Waals surface area contributed by atoms with Crippen LogP contribution in [0.2, 0.25) is 0 Å². The molecule has 3 aromatic rings. The van der Waals surface area contributed by atoms with E-state index in [9.17, 15) is 8.42 Å². The summed E-state index contributed by atoms with van der Waals surface area (Å²) < 4.78 is 41.0. The SMILES string of the molecule is COc1cccc([C@H]2Nc3ccc(S(=O)(=O)Nc4ccc(Br)cc4)cc3[C@H]3C=CC[C@H]32)c1OC. The molecule has 0 radical (unpaired) electrons. The van der Waals surface area contributed by atoms with Gasteiger partial charge in [0.1, 0.15) is 0 Å². The minimum Gasteiger partial charge on any atom is -0.493 e. The molecule has 0 spiro atoms. The van der Waals surface area contributed by atoms with Gasteiger partial charge >= 0.3 is 0 Å². The Labute approximate surface area is 208 Å². The van der Waals surface area contributed by atoms with Crippen LogP contribution >= 0.6 is 15.9 Å². The Morgan fingerprint density at radius 2 is 1.79 bits per heavy atom. The van der Waals surface area contributed by atoms with E-state index in [4.69, 9.17) is 9.47 Å². The summed E-state index contributed by atoms with van der Waals surface area (Å²) in [6.07, 6.45) is 5.24. The van der Waals surface area contributed by atoms with E-state index in [1.807, 2.05) is 18.2 Å². The van der Waals surface area contributed by atoms with Crippen molar-refractivity contribution in [1.29, 1.82) is 0 Å². The molecule has 1 aliphatic heterocycles. The molecule has 3 atom stereocenters. The summed E-state index contributed by atoms with van der Waals surface area (Å²) in [6, 6.07) is 18.3. The molecule has 2 N–H and O–H groups in total. The van der Waals surface area contributed by atoms with Crippen molar-refractivity contribution in [3.05, 3.63) is 88.4 Å². The highest BCUT2D eigenvalue weighted by atomic mass is 79.9. The number of fused-ring (bicyclic) bond motifs is 3. The van der Waals surface area contributed by atoms with Gasteiger partial charge in [-0.15, -0.1) is 0 Å². The molecule has 8 heteroatoms. The Morgan fingerprint density at radius 3 is 2.53 bits per heavy atom. The normalized spacial score (nSPS) is 20.7. The van der Waals surface area contributed by atoms with Gasteiger partial charge in [-0.2, -0.15) is 0 Å². The number of hydrogen-bond donors (Lipinski definition) is 2. The Bertz CT molecular complexity index is 1360. The minimum absolute atomic E-state index is 0.000831. The molecule has 34 heavy (non-hydrogen) atoms. The van der Waals surface area contributed by atoms with Crippen LogP contribution in [0.1, 0.15) is 29.5 Å². The zero-order valence-corrected chi connectivity index (χ0v) is 21.2. The maximum atomic E-state index is 13.1. The Morgan fingerprint density at radius 1 is 1.00 bits per heavy atom. The number of allylic oxidation sites excluding steroid dienone is 2. The first-order valence-corrected chi connectivity index (χ1v) is 13.3. The number of ether oxygens (including phenoxy) is 2. The fraction of sp³-hybridized carbons (Fsp3) is 0.231. The number of rotatable bonds is 6. The summed E-state index contributed by atoms with van der Waals surface area (Å²) >= 11 is 3.37. The van der Waals surface area contributed by atoms with Crippen molar-refractivity contribution >= 4 is 37.3 Å². The molecule has 0 amide bonds. The lowest BCUT2D eigenvalue weighted by Gasteiger charge is -2.38. The van der Waals surface area contributed by atoms with Crippen LogP contribution in [0.5, 0.6) is 11.5 Å². The van der Waals surface area contributed by atoms with Gasteiger partial charge in [-0.3, -0.25) is 4.72 Å². The monoisotopic (exact) mass is 540 g/mol. The summed E-state index contributed by atoms with van der Waals surface area (Å²) in [5.41, 5.74) is 3.45.